The molecule has 0 radical (unpaired) electrons. The summed E-state index contributed by atoms with van der Waals surface area (Å²) in [7, 11) is 1.71. The quantitative estimate of drug-likeness (QED) is 0.536. The van der Waals surface area contributed by atoms with Gasteiger partial charge >= 0.3 is 12.4 Å². The lowest BCUT2D eigenvalue weighted by Gasteiger charge is -2.32. The number of rotatable bonds is 3. The third-order valence-corrected chi connectivity index (χ3v) is 5.36. The summed E-state index contributed by atoms with van der Waals surface area (Å²) in [6, 6.07) is 1.56. The van der Waals surface area contributed by atoms with E-state index in [4.69, 9.17) is 0 Å². The zero-order valence-electron chi connectivity index (χ0n) is 17.0. The van der Waals surface area contributed by atoms with E-state index in [0.717, 1.165) is 10.5 Å². The van der Waals surface area contributed by atoms with Gasteiger partial charge in [-0.15, -0.1) is 10.2 Å². The van der Waals surface area contributed by atoms with Crippen LogP contribution in [-0.2, 0) is 12.4 Å². The van der Waals surface area contributed by atoms with Crippen LogP contribution in [0.3, 0.4) is 0 Å². The van der Waals surface area contributed by atoms with E-state index in [9.17, 15) is 35.1 Å². The Hall–Kier alpha value is -2.96. The molecule has 0 aliphatic carbocycles. The van der Waals surface area contributed by atoms with Crippen molar-refractivity contribution in [3.63, 3.8) is 0 Å². The zero-order valence-corrected chi connectivity index (χ0v) is 17.0. The average molecular weight is 479 g/mol. The Morgan fingerprint density at radius 3 is 2.36 bits per heavy atom. The Morgan fingerprint density at radius 2 is 1.73 bits per heavy atom. The number of likely N-dealkylation sites (N-methyl/N-ethyl adjacent to an activating group) is 1. The van der Waals surface area contributed by atoms with E-state index in [-0.39, 0.29) is 25.0 Å². The Kier molecular flexibility index (Phi) is 5.71. The Labute approximate surface area is 182 Å². The summed E-state index contributed by atoms with van der Waals surface area (Å²) in [6.45, 7) is 0.677. The molecule has 1 aliphatic heterocycles. The Bertz CT molecular complexity index is 1160. The molecule has 3 aromatic rings. The molecule has 1 fully saturated rings. The zero-order chi connectivity index (χ0) is 24.1. The van der Waals surface area contributed by atoms with Crippen molar-refractivity contribution in [3.8, 4) is 11.3 Å². The maximum absolute atomic E-state index is 14.6. The van der Waals surface area contributed by atoms with Gasteiger partial charge in [0.1, 0.15) is 17.4 Å². The molecule has 13 heteroatoms. The summed E-state index contributed by atoms with van der Waals surface area (Å²) in [5, 5.41) is 10.5. The van der Waals surface area contributed by atoms with Crippen LogP contribution in [0.1, 0.15) is 17.5 Å². The molecule has 0 amide bonds. The maximum Gasteiger partial charge on any atom is 0.417 e. The summed E-state index contributed by atoms with van der Waals surface area (Å²) >= 11 is 0. The molecule has 2 atom stereocenters. The lowest BCUT2D eigenvalue weighted by molar-refractivity contribution is -0.142. The summed E-state index contributed by atoms with van der Waals surface area (Å²) in [4.78, 5) is 1.74. The first kappa shape index (κ1) is 23.2. The number of piperidine rings is 1. The molecule has 2 aromatic heterocycles. The number of anilines is 1. The summed E-state index contributed by atoms with van der Waals surface area (Å²) in [6.07, 6.45) is -9.96. The van der Waals surface area contributed by atoms with Crippen LogP contribution >= 0.6 is 0 Å². The fraction of sp³-hybridized carbons (Fsp3) is 0.400. The molecular weight excluding hydrogens is 462 g/mol. The lowest BCUT2D eigenvalue weighted by atomic mass is 10.00. The normalized spacial score (nSPS) is 20.4. The fourth-order valence-corrected chi connectivity index (χ4v) is 3.98. The number of nitrogens with one attached hydrogen (secondary N) is 1. The van der Waals surface area contributed by atoms with Crippen LogP contribution < -0.4 is 5.32 Å². The second-order valence-electron chi connectivity index (χ2n) is 7.91. The van der Waals surface area contributed by atoms with Crippen LogP contribution in [0.25, 0.3) is 16.8 Å². The van der Waals surface area contributed by atoms with Crippen molar-refractivity contribution in [2.24, 2.45) is 0 Å². The maximum atomic E-state index is 14.6. The van der Waals surface area contributed by atoms with Crippen LogP contribution in [0.2, 0.25) is 0 Å². The highest BCUT2D eigenvalue weighted by Gasteiger charge is 2.39. The number of halogens is 8. The highest BCUT2D eigenvalue weighted by atomic mass is 19.4. The molecule has 0 saturated carbocycles. The molecule has 0 spiro atoms. The van der Waals surface area contributed by atoms with E-state index in [1.807, 2.05) is 0 Å². The van der Waals surface area contributed by atoms with Crippen molar-refractivity contribution in [3.05, 3.63) is 47.4 Å². The number of nitrogens with zero attached hydrogens (tertiary/aromatic N) is 4. The van der Waals surface area contributed by atoms with E-state index in [0.29, 0.717) is 18.7 Å². The number of hydrogen-bond acceptors (Lipinski definition) is 4. The summed E-state index contributed by atoms with van der Waals surface area (Å²) in [5.41, 5.74) is -4.85. The average Bonchev–Trinajstić information content (AvgIpc) is 3.08. The summed E-state index contributed by atoms with van der Waals surface area (Å²) < 4.78 is 109. The van der Waals surface area contributed by atoms with Crippen molar-refractivity contribution < 1.29 is 35.1 Å². The second-order valence-corrected chi connectivity index (χ2v) is 7.91. The number of hydrogen-bond donors (Lipinski definition) is 1. The van der Waals surface area contributed by atoms with Crippen molar-refractivity contribution in [2.75, 3.05) is 25.5 Å². The van der Waals surface area contributed by atoms with Crippen molar-refractivity contribution in [2.45, 2.75) is 31.0 Å². The van der Waals surface area contributed by atoms with Crippen molar-refractivity contribution >= 4 is 11.5 Å². The molecule has 33 heavy (non-hydrogen) atoms. The number of aromatic nitrogens is 3. The number of benzene rings is 1. The largest absolute Gasteiger partial charge is 0.417 e. The van der Waals surface area contributed by atoms with E-state index in [1.54, 1.807) is 11.9 Å². The highest BCUT2D eigenvalue weighted by molar-refractivity contribution is 5.80. The van der Waals surface area contributed by atoms with Crippen LogP contribution in [0.15, 0.2) is 30.5 Å². The predicted octanol–water partition coefficient (Wildman–Crippen LogP) is 5.03. The van der Waals surface area contributed by atoms with Crippen LogP contribution in [0.4, 0.5) is 41.1 Å². The van der Waals surface area contributed by atoms with Gasteiger partial charge in [-0.2, -0.15) is 26.3 Å². The van der Waals surface area contributed by atoms with Gasteiger partial charge in [0, 0.05) is 37.3 Å². The Morgan fingerprint density at radius 1 is 1.00 bits per heavy atom. The van der Waals surface area contributed by atoms with Crippen LogP contribution in [-0.4, -0.2) is 51.8 Å². The SMILES string of the molecule is CN1CC(Nc2nnc(-c3ccc(C(F)(F)F)cc3C(F)(F)F)c3c(F)ccn23)C[C@@H](F)C1. The standard InChI is InChI=1S/C20H17F8N5/c1-32-8-11(21)7-12(9-32)29-18-31-30-16(17-15(22)4-5-33(17)18)13-3-2-10(19(23,24)25)6-14(13)20(26,27)28/h2-6,11-12H,7-9H2,1H3,(H,29,31)/t11-,12?/m1/s1. The number of likely N-dealkylation sites (tertiary alicyclic amines) is 1. The minimum atomic E-state index is -5.17. The fourth-order valence-electron chi connectivity index (χ4n) is 3.98. The first-order valence-electron chi connectivity index (χ1n) is 9.76. The molecule has 1 saturated heterocycles. The number of alkyl halides is 7. The molecule has 1 aliphatic rings. The molecule has 5 nitrogen and oxygen atoms in total. The van der Waals surface area contributed by atoms with Gasteiger partial charge in [0.2, 0.25) is 5.95 Å². The van der Waals surface area contributed by atoms with Gasteiger partial charge in [-0.25, -0.2) is 8.78 Å². The molecule has 4 rings (SSSR count). The smallest absolute Gasteiger partial charge is 0.350 e. The van der Waals surface area contributed by atoms with E-state index >= 15 is 0 Å². The minimum absolute atomic E-state index is 0.0365. The third-order valence-electron chi connectivity index (χ3n) is 5.36. The third kappa shape index (κ3) is 4.59. The molecule has 3 heterocycles. The monoisotopic (exact) mass is 479 g/mol. The van der Waals surface area contributed by atoms with Gasteiger partial charge in [0.05, 0.1) is 11.1 Å². The van der Waals surface area contributed by atoms with Gasteiger partial charge in [0.15, 0.2) is 5.82 Å². The number of fused-ring (bicyclic) bond motifs is 1. The first-order valence-corrected chi connectivity index (χ1v) is 9.76. The van der Waals surface area contributed by atoms with E-state index < -0.39 is 58.3 Å². The lowest BCUT2D eigenvalue weighted by Crippen LogP contribution is -2.45. The van der Waals surface area contributed by atoms with Gasteiger partial charge in [-0.1, -0.05) is 6.07 Å². The van der Waals surface area contributed by atoms with Crippen LogP contribution in [0, 0.1) is 5.82 Å². The molecule has 1 unspecified atom stereocenters. The minimum Gasteiger partial charge on any atom is -0.350 e. The predicted molar refractivity (Wildman–Crippen MR) is 103 cm³/mol. The first-order chi connectivity index (χ1) is 15.3. The topological polar surface area (TPSA) is 45.5 Å². The van der Waals surface area contributed by atoms with Crippen molar-refractivity contribution in [1.82, 2.24) is 19.5 Å². The van der Waals surface area contributed by atoms with Crippen LogP contribution in [0.5, 0.6) is 0 Å². The van der Waals surface area contributed by atoms with E-state index in [2.05, 4.69) is 15.5 Å². The second kappa shape index (κ2) is 8.12. The van der Waals surface area contributed by atoms with Gasteiger partial charge in [-0.3, -0.25) is 4.40 Å². The summed E-state index contributed by atoms with van der Waals surface area (Å²) in [5.74, 6) is -0.981. The van der Waals surface area contributed by atoms with Crippen molar-refractivity contribution in [1.29, 1.82) is 0 Å². The van der Waals surface area contributed by atoms with Gasteiger partial charge in [0.25, 0.3) is 0 Å². The Balaban J connectivity index is 1.82. The molecular formula is C20H17F8N5. The molecule has 178 valence electrons. The highest BCUT2D eigenvalue weighted by Crippen LogP contribution is 2.41. The molecule has 1 N–H and O–H groups in total. The molecule has 1 aromatic carbocycles. The van der Waals surface area contributed by atoms with Gasteiger partial charge in [-0.05, 0) is 25.2 Å². The van der Waals surface area contributed by atoms with Gasteiger partial charge < -0.3 is 10.2 Å². The molecule has 0 bridgehead atoms. The van der Waals surface area contributed by atoms with E-state index in [1.165, 1.54) is 6.20 Å².